The van der Waals surface area contributed by atoms with E-state index in [0.29, 0.717) is 5.52 Å². The van der Waals surface area contributed by atoms with Crippen molar-refractivity contribution in [2.75, 3.05) is 18.0 Å². The van der Waals surface area contributed by atoms with Crippen LogP contribution in [0, 0.1) is 0 Å². The molecule has 5 nitrogen and oxygen atoms in total. The molecule has 0 bridgehead atoms. The molecule has 1 fully saturated rings. The van der Waals surface area contributed by atoms with Crippen molar-refractivity contribution in [2.24, 2.45) is 0 Å². The smallest absolute Gasteiger partial charge is 0.347 e. The Morgan fingerprint density at radius 2 is 2.00 bits per heavy atom. The van der Waals surface area contributed by atoms with E-state index in [-0.39, 0.29) is 5.92 Å². The fourth-order valence-corrected chi connectivity index (χ4v) is 5.04. The third-order valence-electron chi connectivity index (χ3n) is 5.40. The van der Waals surface area contributed by atoms with E-state index in [0.717, 1.165) is 78.9 Å². The second-order valence-electron chi connectivity index (χ2n) is 7.19. The fraction of sp³-hybridized carbons (Fsp3) is 0.500. The number of nitrogens with zero attached hydrogens (tertiary/aromatic N) is 5. The summed E-state index contributed by atoms with van der Waals surface area (Å²) in [6.45, 7) is 2.63. The van der Waals surface area contributed by atoms with Crippen LogP contribution in [0.15, 0.2) is 18.2 Å². The molecule has 2 aliphatic rings. The molecule has 0 amide bonds. The van der Waals surface area contributed by atoms with Crippen molar-refractivity contribution in [3.63, 3.8) is 0 Å². The zero-order chi connectivity index (χ0) is 18.6. The number of benzene rings is 1. The Kier molecular flexibility index (Phi) is 3.89. The van der Waals surface area contributed by atoms with Crippen molar-refractivity contribution >= 4 is 26.7 Å². The number of anilines is 1. The van der Waals surface area contributed by atoms with Gasteiger partial charge in [0.1, 0.15) is 11.6 Å². The van der Waals surface area contributed by atoms with Crippen molar-refractivity contribution in [3.05, 3.63) is 35.4 Å². The maximum atomic E-state index is 12.9. The summed E-state index contributed by atoms with van der Waals surface area (Å²) >= 11 is 1.45. The lowest BCUT2D eigenvalue weighted by atomic mass is 9.97. The van der Waals surface area contributed by atoms with Crippen LogP contribution in [0.5, 0.6) is 0 Å². The molecule has 1 unspecified atom stereocenters. The number of rotatable bonds is 2. The summed E-state index contributed by atoms with van der Waals surface area (Å²) in [7, 11) is 0. The lowest BCUT2D eigenvalue weighted by Crippen LogP contribution is -2.35. The van der Waals surface area contributed by atoms with E-state index in [1.54, 1.807) is 0 Å². The van der Waals surface area contributed by atoms with E-state index in [2.05, 4.69) is 24.6 Å². The van der Waals surface area contributed by atoms with Gasteiger partial charge in [0.15, 0.2) is 5.13 Å². The number of aryl methyl sites for hydroxylation is 1. The molecule has 1 aromatic carbocycles. The van der Waals surface area contributed by atoms with Gasteiger partial charge in [-0.3, -0.25) is 0 Å². The Balaban J connectivity index is 1.42. The Hall–Kier alpha value is -2.16. The quantitative estimate of drug-likeness (QED) is 0.654. The number of piperidine rings is 1. The first-order valence-electron chi connectivity index (χ1n) is 9.14. The van der Waals surface area contributed by atoms with Crippen LogP contribution in [0.3, 0.4) is 0 Å². The van der Waals surface area contributed by atoms with Gasteiger partial charge >= 0.3 is 6.18 Å². The average Bonchev–Trinajstić information content (AvgIpc) is 3.35. The summed E-state index contributed by atoms with van der Waals surface area (Å²) in [6, 6.07) is 3.79. The van der Waals surface area contributed by atoms with Gasteiger partial charge in [-0.1, -0.05) is 11.3 Å². The molecule has 27 heavy (non-hydrogen) atoms. The number of aromatic nitrogens is 4. The highest BCUT2D eigenvalue weighted by molar-refractivity contribution is 7.22. The van der Waals surface area contributed by atoms with Gasteiger partial charge in [0.2, 0.25) is 0 Å². The highest BCUT2D eigenvalue weighted by Gasteiger charge is 2.32. The first-order chi connectivity index (χ1) is 13.0. The number of alkyl halides is 3. The minimum absolute atomic E-state index is 0.288. The Labute approximate surface area is 157 Å². The number of hydrogen-bond donors (Lipinski definition) is 0. The predicted molar refractivity (Wildman–Crippen MR) is 97.2 cm³/mol. The van der Waals surface area contributed by atoms with Gasteiger partial charge in [-0.25, -0.2) is 4.98 Å². The van der Waals surface area contributed by atoms with Gasteiger partial charge in [0, 0.05) is 32.0 Å². The van der Waals surface area contributed by atoms with Gasteiger partial charge in [-0.05, 0) is 37.5 Å². The molecule has 0 N–H and O–H groups in total. The van der Waals surface area contributed by atoms with Crippen LogP contribution in [0.2, 0.25) is 0 Å². The normalized spacial score (nSPS) is 20.4. The second kappa shape index (κ2) is 6.19. The first-order valence-corrected chi connectivity index (χ1v) is 9.95. The molecule has 9 heteroatoms. The van der Waals surface area contributed by atoms with Crippen LogP contribution in [0.1, 0.15) is 42.4 Å². The SMILES string of the molecule is FC(F)(F)c1ccc2sc(N3CCCC(c4nnc5n4CCC5)C3)nc2c1. The molecular weight excluding hydrogens is 375 g/mol. The molecular formula is C18H18F3N5S. The van der Waals surface area contributed by atoms with Gasteiger partial charge in [0.05, 0.1) is 15.8 Å². The average molecular weight is 393 g/mol. The van der Waals surface area contributed by atoms with E-state index in [1.165, 1.54) is 17.4 Å². The molecule has 0 saturated carbocycles. The first kappa shape index (κ1) is 17.0. The maximum Gasteiger partial charge on any atom is 0.416 e. The summed E-state index contributed by atoms with van der Waals surface area (Å²) in [5.41, 5.74) is -0.238. The third kappa shape index (κ3) is 2.97. The van der Waals surface area contributed by atoms with Gasteiger partial charge in [0.25, 0.3) is 0 Å². The van der Waals surface area contributed by atoms with Gasteiger partial charge in [-0.2, -0.15) is 13.2 Å². The fourth-order valence-electron chi connectivity index (χ4n) is 4.06. The number of fused-ring (bicyclic) bond motifs is 2. The molecule has 0 radical (unpaired) electrons. The Morgan fingerprint density at radius 1 is 1.11 bits per heavy atom. The monoisotopic (exact) mass is 393 g/mol. The molecule has 4 heterocycles. The summed E-state index contributed by atoms with van der Waals surface area (Å²) in [5, 5.41) is 9.51. The molecule has 0 spiro atoms. The Bertz CT molecular complexity index is 993. The van der Waals surface area contributed by atoms with Crippen molar-refractivity contribution in [2.45, 2.75) is 44.3 Å². The summed E-state index contributed by atoms with van der Waals surface area (Å²) in [4.78, 5) is 6.68. The molecule has 1 saturated heterocycles. The lowest BCUT2D eigenvalue weighted by Gasteiger charge is -2.32. The highest BCUT2D eigenvalue weighted by atomic mass is 32.1. The highest BCUT2D eigenvalue weighted by Crippen LogP contribution is 2.37. The predicted octanol–water partition coefficient (Wildman–Crippen LogP) is 4.24. The molecule has 5 rings (SSSR count). The summed E-state index contributed by atoms with van der Waals surface area (Å²) in [6.07, 6.45) is -0.173. The Morgan fingerprint density at radius 3 is 2.85 bits per heavy atom. The molecule has 2 aliphatic heterocycles. The van der Waals surface area contributed by atoms with E-state index in [4.69, 9.17) is 0 Å². The van der Waals surface area contributed by atoms with E-state index in [1.807, 2.05) is 0 Å². The van der Waals surface area contributed by atoms with E-state index < -0.39 is 11.7 Å². The van der Waals surface area contributed by atoms with Crippen LogP contribution < -0.4 is 4.90 Å². The topological polar surface area (TPSA) is 46.8 Å². The maximum absolute atomic E-state index is 12.9. The van der Waals surface area contributed by atoms with Gasteiger partial charge in [-0.15, -0.1) is 10.2 Å². The second-order valence-corrected chi connectivity index (χ2v) is 8.20. The van der Waals surface area contributed by atoms with Crippen molar-refractivity contribution in [3.8, 4) is 0 Å². The molecule has 1 atom stereocenters. The van der Waals surface area contributed by atoms with Crippen molar-refractivity contribution in [1.82, 2.24) is 19.7 Å². The van der Waals surface area contributed by atoms with Crippen LogP contribution >= 0.6 is 11.3 Å². The van der Waals surface area contributed by atoms with E-state index >= 15 is 0 Å². The van der Waals surface area contributed by atoms with Crippen LogP contribution in [-0.2, 0) is 19.1 Å². The number of thiazole rings is 1. The van der Waals surface area contributed by atoms with Crippen LogP contribution in [0.25, 0.3) is 10.2 Å². The summed E-state index contributed by atoms with van der Waals surface area (Å²) < 4.78 is 41.9. The molecule has 0 aliphatic carbocycles. The van der Waals surface area contributed by atoms with Gasteiger partial charge < -0.3 is 9.47 Å². The third-order valence-corrected chi connectivity index (χ3v) is 6.50. The molecule has 3 aromatic rings. The lowest BCUT2D eigenvalue weighted by molar-refractivity contribution is -0.137. The van der Waals surface area contributed by atoms with E-state index in [9.17, 15) is 13.2 Å². The van der Waals surface area contributed by atoms with Crippen molar-refractivity contribution in [1.29, 1.82) is 0 Å². The molecule has 2 aromatic heterocycles. The standard InChI is InChI=1S/C18H18F3N5S/c19-18(20,21)12-5-6-14-13(9-12)22-17(27-14)25-7-1-3-11(10-25)16-24-23-15-4-2-8-26(15)16/h5-6,9,11H,1-4,7-8,10H2. The number of hydrogen-bond acceptors (Lipinski definition) is 5. The zero-order valence-corrected chi connectivity index (χ0v) is 15.4. The minimum Gasteiger partial charge on any atom is -0.347 e. The minimum atomic E-state index is -4.34. The molecule has 142 valence electrons. The number of halogens is 3. The largest absolute Gasteiger partial charge is 0.416 e. The van der Waals surface area contributed by atoms with Crippen LogP contribution in [-0.4, -0.2) is 32.8 Å². The van der Waals surface area contributed by atoms with Crippen molar-refractivity contribution < 1.29 is 13.2 Å². The van der Waals surface area contributed by atoms with Crippen LogP contribution in [0.4, 0.5) is 18.3 Å². The zero-order valence-electron chi connectivity index (χ0n) is 14.5. The summed E-state index contributed by atoms with van der Waals surface area (Å²) in [5.74, 6) is 2.41.